The summed E-state index contributed by atoms with van der Waals surface area (Å²) < 4.78 is 13.2. The first-order valence-corrected chi connectivity index (χ1v) is 7.18. The van der Waals surface area contributed by atoms with Gasteiger partial charge in [0.1, 0.15) is 5.82 Å². The summed E-state index contributed by atoms with van der Waals surface area (Å²) in [5.41, 5.74) is 2.05. The second kappa shape index (κ2) is 6.56. The van der Waals surface area contributed by atoms with E-state index in [1.54, 1.807) is 6.92 Å². The molecular formula is C16H14FNOS. The van der Waals surface area contributed by atoms with E-state index in [2.05, 4.69) is 6.07 Å². The standard InChI is InChI=1S/C16H14FNOS/c1-11(19)12-3-6-16(7-4-12)20-10-14-8-15(17)5-2-13(14)9-18/h2-8,11,19H,10H2,1H3. The normalized spacial score (nSPS) is 11.9. The van der Waals surface area contributed by atoms with Gasteiger partial charge in [-0.05, 0) is 48.4 Å². The monoisotopic (exact) mass is 287 g/mol. The third-order valence-corrected chi connectivity index (χ3v) is 4.01. The van der Waals surface area contributed by atoms with Crippen LogP contribution in [-0.4, -0.2) is 5.11 Å². The Morgan fingerprint density at radius 3 is 2.55 bits per heavy atom. The van der Waals surface area contributed by atoms with Gasteiger partial charge in [0.15, 0.2) is 0 Å². The molecule has 1 N–H and O–H groups in total. The summed E-state index contributed by atoms with van der Waals surface area (Å²) >= 11 is 1.53. The zero-order valence-corrected chi connectivity index (χ0v) is 11.8. The van der Waals surface area contributed by atoms with Crippen LogP contribution in [0.15, 0.2) is 47.4 Å². The van der Waals surface area contributed by atoms with Crippen LogP contribution < -0.4 is 0 Å². The highest BCUT2D eigenvalue weighted by atomic mass is 32.2. The Bertz CT molecular complexity index is 632. The van der Waals surface area contributed by atoms with E-state index in [1.165, 1.54) is 30.0 Å². The fourth-order valence-electron chi connectivity index (χ4n) is 1.79. The van der Waals surface area contributed by atoms with Gasteiger partial charge in [0.25, 0.3) is 0 Å². The lowest BCUT2D eigenvalue weighted by Gasteiger charge is -2.07. The van der Waals surface area contributed by atoms with Gasteiger partial charge >= 0.3 is 0 Å². The van der Waals surface area contributed by atoms with Crippen molar-refractivity contribution in [1.29, 1.82) is 5.26 Å². The van der Waals surface area contributed by atoms with Gasteiger partial charge in [0, 0.05) is 10.6 Å². The van der Waals surface area contributed by atoms with Gasteiger partial charge < -0.3 is 5.11 Å². The van der Waals surface area contributed by atoms with Crippen molar-refractivity contribution in [2.45, 2.75) is 23.7 Å². The molecular weight excluding hydrogens is 273 g/mol. The van der Waals surface area contributed by atoms with Crippen LogP contribution in [0.3, 0.4) is 0 Å². The number of nitriles is 1. The van der Waals surface area contributed by atoms with Crippen molar-refractivity contribution in [3.05, 3.63) is 65.0 Å². The van der Waals surface area contributed by atoms with Gasteiger partial charge in [-0.15, -0.1) is 11.8 Å². The van der Waals surface area contributed by atoms with Gasteiger partial charge in [0.2, 0.25) is 0 Å². The largest absolute Gasteiger partial charge is 0.389 e. The molecule has 0 aliphatic rings. The molecule has 0 aliphatic heterocycles. The molecule has 0 amide bonds. The van der Waals surface area contributed by atoms with Gasteiger partial charge in [-0.25, -0.2) is 4.39 Å². The first-order chi connectivity index (χ1) is 9.60. The summed E-state index contributed by atoms with van der Waals surface area (Å²) in [4.78, 5) is 1.02. The minimum atomic E-state index is -0.484. The molecule has 2 aromatic carbocycles. The maximum atomic E-state index is 13.2. The van der Waals surface area contributed by atoms with Gasteiger partial charge in [-0.1, -0.05) is 12.1 Å². The second-order valence-corrected chi connectivity index (χ2v) is 5.50. The first-order valence-electron chi connectivity index (χ1n) is 6.19. The third kappa shape index (κ3) is 3.60. The first kappa shape index (κ1) is 14.6. The van der Waals surface area contributed by atoms with Crippen LogP contribution in [0.1, 0.15) is 29.7 Å². The van der Waals surface area contributed by atoms with Gasteiger partial charge in [-0.3, -0.25) is 0 Å². The van der Waals surface area contributed by atoms with Crippen molar-refractivity contribution in [2.24, 2.45) is 0 Å². The maximum absolute atomic E-state index is 13.2. The Balaban J connectivity index is 2.09. The molecule has 1 unspecified atom stereocenters. The number of benzene rings is 2. The Kier molecular flexibility index (Phi) is 4.78. The number of hydrogen-bond acceptors (Lipinski definition) is 3. The summed E-state index contributed by atoms with van der Waals surface area (Å²) in [5.74, 6) is 0.207. The predicted molar refractivity (Wildman–Crippen MR) is 77.8 cm³/mol. The molecule has 102 valence electrons. The number of hydrogen-bond donors (Lipinski definition) is 1. The highest BCUT2D eigenvalue weighted by Gasteiger charge is 2.05. The fourth-order valence-corrected chi connectivity index (χ4v) is 2.68. The van der Waals surface area contributed by atoms with Crippen LogP contribution in [-0.2, 0) is 5.75 Å². The van der Waals surface area contributed by atoms with E-state index in [4.69, 9.17) is 5.26 Å². The molecule has 0 spiro atoms. The molecule has 0 radical (unpaired) electrons. The highest BCUT2D eigenvalue weighted by molar-refractivity contribution is 7.98. The summed E-state index contributed by atoms with van der Waals surface area (Å²) in [5, 5.41) is 18.4. The number of halogens is 1. The van der Waals surface area contributed by atoms with Gasteiger partial charge in [0.05, 0.1) is 17.7 Å². The van der Waals surface area contributed by atoms with Crippen molar-refractivity contribution >= 4 is 11.8 Å². The molecule has 0 heterocycles. The molecule has 4 heteroatoms. The second-order valence-electron chi connectivity index (χ2n) is 4.45. The Labute approximate surface area is 121 Å². The Morgan fingerprint density at radius 2 is 1.95 bits per heavy atom. The molecule has 0 fully saturated rings. The molecule has 1 atom stereocenters. The van der Waals surface area contributed by atoms with Crippen LogP contribution in [0.4, 0.5) is 4.39 Å². The van der Waals surface area contributed by atoms with Crippen LogP contribution in [0.5, 0.6) is 0 Å². The van der Waals surface area contributed by atoms with E-state index in [0.29, 0.717) is 16.9 Å². The molecule has 20 heavy (non-hydrogen) atoms. The van der Waals surface area contributed by atoms with Gasteiger partial charge in [-0.2, -0.15) is 5.26 Å². The molecule has 0 saturated heterocycles. The van der Waals surface area contributed by atoms with E-state index in [0.717, 1.165) is 10.5 Å². The van der Waals surface area contributed by atoms with Crippen molar-refractivity contribution in [3.63, 3.8) is 0 Å². The lowest BCUT2D eigenvalue weighted by Crippen LogP contribution is -1.91. The maximum Gasteiger partial charge on any atom is 0.123 e. The molecule has 2 rings (SSSR count). The quantitative estimate of drug-likeness (QED) is 0.863. The number of thioether (sulfide) groups is 1. The average molecular weight is 287 g/mol. The molecule has 0 bridgehead atoms. The SMILES string of the molecule is CC(O)c1ccc(SCc2cc(F)ccc2C#N)cc1. The average Bonchev–Trinajstić information content (AvgIpc) is 2.45. The topological polar surface area (TPSA) is 44.0 Å². The summed E-state index contributed by atoms with van der Waals surface area (Å²) in [6.07, 6.45) is -0.484. The minimum absolute atomic E-state index is 0.330. The zero-order valence-electron chi connectivity index (χ0n) is 11.0. The molecule has 2 aromatic rings. The number of aliphatic hydroxyl groups excluding tert-OH is 1. The van der Waals surface area contributed by atoms with E-state index in [1.807, 2.05) is 24.3 Å². The van der Waals surface area contributed by atoms with Crippen molar-refractivity contribution < 1.29 is 9.50 Å². The van der Waals surface area contributed by atoms with Crippen LogP contribution in [0, 0.1) is 17.1 Å². The van der Waals surface area contributed by atoms with E-state index in [-0.39, 0.29) is 5.82 Å². The van der Waals surface area contributed by atoms with Crippen molar-refractivity contribution in [1.82, 2.24) is 0 Å². The van der Waals surface area contributed by atoms with E-state index < -0.39 is 6.10 Å². The summed E-state index contributed by atoms with van der Waals surface area (Å²) in [6, 6.07) is 13.8. The minimum Gasteiger partial charge on any atom is -0.389 e. The van der Waals surface area contributed by atoms with Crippen molar-refractivity contribution in [3.8, 4) is 6.07 Å². The van der Waals surface area contributed by atoms with Crippen LogP contribution in [0.2, 0.25) is 0 Å². The molecule has 0 aromatic heterocycles. The zero-order chi connectivity index (χ0) is 14.5. The Hall–Kier alpha value is -1.83. The van der Waals surface area contributed by atoms with Crippen molar-refractivity contribution in [2.75, 3.05) is 0 Å². The third-order valence-electron chi connectivity index (χ3n) is 2.94. The number of aliphatic hydroxyl groups is 1. The lowest BCUT2D eigenvalue weighted by molar-refractivity contribution is 0.199. The lowest BCUT2D eigenvalue weighted by atomic mass is 10.1. The fraction of sp³-hybridized carbons (Fsp3) is 0.188. The smallest absolute Gasteiger partial charge is 0.123 e. The predicted octanol–water partition coefficient (Wildman–Crippen LogP) is 4.04. The molecule has 0 aliphatic carbocycles. The van der Waals surface area contributed by atoms with Crippen LogP contribution in [0.25, 0.3) is 0 Å². The van der Waals surface area contributed by atoms with E-state index >= 15 is 0 Å². The number of nitrogens with zero attached hydrogens (tertiary/aromatic N) is 1. The highest BCUT2D eigenvalue weighted by Crippen LogP contribution is 2.26. The molecule has 2 nitrogen and oxygen atoms in total. The van der Waals surface area contributed by atoms with Crippen LogP contribution >= 0.6 is 11.8 Å². The van der Waals surface area contributed by atoms with E-state index in [9.17, 15) is 9.50 Å². The Morgan fingerprint density at radius 1 is 1.25 bits per heavy atom. The molecule has 0 saturated carbocycles. The summed E-state index contributed by atoms with van der Waals surface area (Å²) in [7, 11) is 0. The number of rotatable bonds is 4. The summed E-state index contributed by atoms with van der Waals surface area (Å²) in [6.45, 7) is 1.72.